The second kappa shape index (κ2) is 8.36. The summed E-state index contributed by atoms with van der Waals surface area (Å²) >= 11 is 0. The predicted molar refractivity (Wildman–Crippen MR) is 88.0 cm³/mol. The van der Waals surface area contributed by atoms with Gasteiger partial charge in [-0.3, -0.25) is 4.72 Å². The van der Waals surface area contributed by atoms with Crippen molar-refractivity contribution in [2.24, 2.45) is 0 Å². The Morgan fingerprint density at radius 3 is 2.41 bits per heavy atom. The molecule has 7 heteroatoms. The molecule has 6 nitrogen and oxygen atoms in total. The number of hydrogen-bond acceptors (Lipinski definition) is 5. The van der Waals surface area contributed by atoms with Crippen LogP contribution in [0.5, 0.6) is 0 Å². The molecule has 22 heavy (non-hydrogen) atoms. The molecule has 0 aliphatic carbocycles. The van der Waals surface area contributed by atoms with Gasteiger partial charge in [0.2, 0.25) is 10.0 Å². The average Bonchev–Trinajstić information content (AvgIpc) is 3.01. The van der Waals surface area contributed by atoms with Gasteiger partial charge in [-0.05, 0) is 37.1 Å². The van der Waals surface area contributed by atoms with E-state index in [1.165, 1.54) is 12.8 Å². The van der Waals surface area contributed by atoms with Crippen molar-refractivity contribution in [2.45, 2.75) is 12.8 Å². The molecule has 1 aliphatic heterocycles. The van der Waals surface area contributed by atoms with Crippen LogP contribution in [0.4, 0.5) is 11.4 Å². The molecule has 0 atom stereocenters. The van der Waals surface area contributed by atoms with Gasteiger partial charge in [0.1, 0.15) is 0 Å². The summed E-state index contributed by atoms with van der Waals surface area (Å²) in [5, 5.41) is 0. The maximum atomic E-state index is 11.9. The van der Waals surface area contributed by atoms with Crippen molar-refractivity contribution in [1.29, 1.82) is 0 Å². The largest absolute Gasteiger partial charge is 0.382 e. The summed E-state index contributed by atoms with van der Waals surface area (Å²) in [4.78, 5) is 2.31. The van der Waals surface area contributed by atoms with Gasteiger partial charge in [0.15, 0.2) is 0 Å². The zero-order valence-corrected chi connectivity index (χ0v) is 13.8. The van der Waals surface area contributed by atoms with Gasteiger partial charge >= 0.3 is 0 Å². The summed E-state index contributed by atoms with van der Waals surface area (Å²) in [7, 11) is -1.81. The molecule has 0 aromatic heterocycles. The van der Waals surface area contributed by atoms with Crippen LogP contribution in [0.2, 0.25) is 0 Å². The van der Waals surface area contributed by atoms with Crippen LogP contribution in [0.25, 0.3) is 0 Å². The van der Waals surface area contributed by atoms with E-state index in [9.17, 15) is 8.42 Å². The fraction of sp³-hybridized carbons (Fsp3) is 0.600. The van der Waals surface area contributed by atoms with Crippen LogP contribution in [0.15, 0.2) is 24.3 Å². The molecule has 1 aromatic rings. The summed E-state index contributed by atoms with van der Waals surface area (Å²) in [6.07, 6.45) is 2.44. The lowest BCUT2D eigenvalue weighted by atomic mass is 10.2. The third-order valence-corrected chi connectivity index (χ3v) is 4.79. The number of nitrogens with zero attached hydrogens (tertiary/aromatic N) is 1. The Hall–Kier alpha value is -1.31. The molecule has 0 bridgehead atoms. The van der Waals surface area contributed by atoms with Crippen LogP contribution < -0.4 is 9.62 Å². The first-order chi connectivity index (χ1) is 10.6. The quantitative estimate of drug-likeness (QED) is 0.699. The lowest BCUT2D eigenvalue weighted by Gasteiger charge is -2.18. The highest BCUT2D eigenvalue weighted by molar-refractivity contribution is 7.92. The molecule has 1 saturated heterocycles. The van der Waals surface area contributed by atoms with Crippen LogP contribution in [0.1, 0.15) is 12.8 Å². The van der Waals surface area contributed by atoms with Gasteiger partial charge in [-0.15, -0.1) is 0 Å². The Balaban J connectivity index is 1.81. The van der Waals surface area contributed by atoms with Gasteiger partial charge in [-0.25, -0.2) is 8.42 Å². The summed E-state index contributed by atoms with van der Waals surface area (Å²) < 4.78 is 36.5. The summed E-state index contributed by atoms with van der Waals surface area (Å²) in [6.45, 7) is 3.17. The number of rotatable bonds is 9. The number of hydrogen-bond donors (Lipinski definition) is 1. The van der Waals surface area contributed by atoms with Crippen molar-refractivity contribution in [1.82, 2.24) is 0 Å². The van der Waals surface area contributed by atoms with E-state index in [0.29, 0.717) is 18.9 Å². The second-order valence-corrected chi connectivity index (χ2v) is 7.11. The molecule has 0 spiro atoms. The number of nitrogens with one attached hydrogen (secondary N) is 1. The Labute approximate surface area is 132 Å². The first kappa shape index (κ1) is 17.1. The summed E-state index contributed by atoms with van der Waals surface area (Å²) in [5.74, 6) is -0.0649. The lowest BCUT2D eigenvalue weighted by Crippen LogP contribution is -2.21. The molecule has 0 amide bonds. The van der Waals surface area contributed by atoms with Crippen molar-refractivity contribution in [3.8, 4) is 0 Å². The van der Waals surface area contributed by atoms with E-state index in [1.54, 1.807) is 19.2 Å². The van der Waals surface area contributed by atoms with Crippen molar-refractivity contribution in [3.63, 3.8) is 0 Å². The summed E-state index contributed by atoms with van der Waals surface area (Å²) in [6, 6.07) is 7.52. The molecular weight excluding hydrogens is 304 g/mol. The Bertz CT molecular complexity index is 539. The number of sulfonamides is 1. The lowest BCUT2D eigenvalue weighted by molar-refractivity contribution is 0.0785. The number of ether oxygens (including phenoxy) is 2. The third-order valence-electron chi connectivity index (χ3n) is 3.54. The van der Waals surface area contributed by atoms with Crippen LogP contribution in [-0.4, -0.2) is 54.2 Å². The highest BCUT2D eigenvalue weighted by atomic mass is 32.2. The van der Waals surface area contributed by atoms with E-state index >= 15 is 0 Å². The minimum Gasteiger partial charge on any atom is -0.382 e. The van der Waals surface area contributed by atoms with E-state index < -0.39 is 10.0 Å². The minimum absolute atomic E-state index is 0.0649. The normalized spacial score (nSPS) is 15.2. The SMILES string of the molecule is COCCOCCS(=O)(=O)Nc1ccc(N2CCCC2)cc1. The van der Waals surface area contributed by atoms with Crippen molar-refractivity contribution < 1.29 is 17.9 Å². The highest BCUT2D eigenvalue weighted by Gasteiger charge is 2.13. The minimum atomic E-state index is -3.38. The van der Waals surface area contributed by atoms with E-state index in [0.717, 1.165) is 18.8 Å². The van der Waals surface area contributed by atoms with Crippen LogP contribution in [0, 0.1) is 0 Å². The number of anilines is 2. The Morgan fingerprint density at radius 1 is 1.09 bits per heavy atom. The molecule has 1 fully saturated rings. The topological polar surface area (TPSA) is 67.9 Å². The monoisotopic (exact) mass is 328 g/mol. The maximum Gasteiger partial charge on any atom is 0.234 e. The van der Waals surface area contributed by atoms with E-state index in [-0.39, 0.29) is 12.4 Å². The molecule has 1 aliphatic rings. The Morgan fingerprint density at radius 2 is 1.77 bits per heavy atom. The van der Waals surface area contributed by atoms with Gasteiger partial charge in [-0.1, -0.05) is 0 Å². The van der Waals surface area contributed by atoms with Gasteiger partial charge in [0.05, 0.1) is 25.6 Å². The van der Waals surface area contributed by atoms with Crippen LogP contribution in [0.3, 0.4) is 0 Å². The fourth-order valence-corrected chi connectivity index (χ4v) is 3.29. The first-order valence-corrected chi connectivity index (χ1v) is 9.18. The van der Waals surface area contributed by atoms with E-state index in [4.69, 9.17) is 9.47 Å². The molecule has 0 unspecified atom stereocenters. The van der Waals surface area contributed by atoms with Crippen molar-refractivity contribution in [3.05, 3.63) is 24.3 Å². The molecule has 1 aromatic carbocycles. The first-order valence-electron chi connectivity index (χ1n) is 7.53. The Kier molecular flexibility index (Phi) is 6.48. The van der Waals surface area contributed by atoms with E-state index in [2.05, 4.69) is 9.62 Å². The zero-order chi connectivity index (χ0) is 15.8. The molecular formula is C15H24N2O4S. The standard InChI is InChI=1S/C15H24N2O4S/c1-20-10-11-21-12-13-22(18,19)16-14-4-6-15(7-5-14)17-8-2-3-9-17/h4-7,16H,2-3,8-13H2,1H3. The van der Waals surface area contributed by atoms with Gasteiger partial charge < -0.3 is 14.4 Å². The van der Waals surface area contributed by atoms with Crippen LogP contribution >= 0.6 is 0 Å². The average molecular weight is 328 g/mol. The molecule has 2 rings (SSSR count). The molecule has 1 heterocycles. The number of benzene rings is 1. The predicted octanol–water partition coefficient (Wildman–Crippen LogP) is 1.69. The van der Waals surface area contributed by atoms with Crippen LogP contribution in [-0.2, 0) is 19.5 Å². The number of methoxy groups -OCH3 is 1. The zero-order valence-electron chi connectivity index (χ0n) is 13.0. The van der Waals surface area contributed by atoms with Gasteiger partial charge in [0.25, 0.3) is 0 Å². The second-order valence-electron chi connectivity index (χ2n) is 5.27. The fourth-order valence-electron chi connectivity index (χ4n) is 2.36. The third kappa shape index (κ3) is 5.47. The maximum absolute atomic E-state index is 11.9. The molecule has 124 valence electrons. The molecule has 0 saturated carbocycles. The van der Waals surface area contributed by atoms with E-state index in [1.807, 2.05) is 12.1 Å². The van der Waals surface area contributed by atoms with Crippen molar-refractivity contribution >= 4 is 21.4 Å². The highest BCUT2D eigenvalue weighted by Crippen LogP contribution is 2.22. The van der Waals surface area contributed by atoms with Crippen molar-refractivity contribution in [2.75, 3.05) is 55.4 Å². The smallest absolute Gasteiger partial charge is 0.234 e. The van der Waals surface area contributed by atoms with Gasteiger partial charge in [0, 0.05) is 31.6 Å². The molecule has 0 radical (unpaired) electrons. The van der Waals surface area contributed by atoms with Gasteiger partial charge in [-0.2, -0.15) is 0 Å². The molecule has 1 N–H and O–H groups in total. The summed E-state index contributed by atoms with van der Waals surface area (Å²) in [5.41, 5.74) is 1.73.